The van der Waals surface area contributed by atoms with Crippen LogP contribution in [0.5, 0.6) is 5.75 Å². The van der Waals surface area contributed by atoms with Gasteiger partial charge in [0, 0.05) is 62.8 Å². The van der Waals surface area contributed by atoms with Gasteiger partial charge in [-0.25, -0.2) is 13.9 Å². The molecule has 3 aromatic heterocycles. The van der Waals surface area contributed by atoms with E-state index in [-0.39, 0.29) is 11.9 Å². The van der Waals surface area contributed by atoms with E-state index in [1.807, 2.05) is 23.0 Å². The fourth-order valence-electron chi connectivity index (χ4n) is 5.40. The van der Waals surface area contributed by atoms with Gasteiger partial charge < -0.3 is 15.4 Å². The molecule has 11 heteroatoms. The van der Waals surface area contributed by atoms with E-state index in [4.69, 9.17) is 9.84 Å². The summed E-state index contributed by atoms with van der Waals surface area (Å²) < 4.78 is 24.3. The first kappa shape index (κ1) is 23.5. The highest BCUT2D eigenvalue weighted by Gasteiger charge is 2.39. The second-order valence-corrected chi connectivity index (χ2v) is 10.9. The first-order chi connectivity index (χ1) is 18.5. The standard InChI is InChI=1S/C27H31FN8O2/c28-27(15-29-16-27)17-34-8-4-20(5-9-34)36-13-19-10-23(24(11-22(19)33-36)38-14-18-2-3-18)32-26(37)21-12-31-35-7-1-6-30-25(21)35/h1,6-7,10-13,18,20,29H,2-5,8-9,14-17H2,(H,32,37). The molecule has 3 fully saturated rings. The van der Waals surface area contributed by atoms with Crippen LogP contribution in [0.15, 0.2) is 43.0 Å². The van der Waals surface area contributed by atoms with Crippen molar-refractivity contribution in [3.05, 3.63) is 48.5 Å². The molecule has 1 aromatic carbocycles. The van der Waals surface area contributed by atoms with Gasteiger partial charge >= 0.3 is 0 Å². The monoisotopic (exact) mass is 518 g/mol. The summed E-state index contributed by atoms with van der Waals surface area (Å²) in [7, 11) is 0. The van der Waals surface area contributed by atoms with Gasteiger partial charge in [0.15, 0.2) is 5.65 Å². The number of carbonyl (C=O) groups is 1. The van der Waals surface area contributed by atoms with Crippen molar-refractivity contribution in [2.24, 2.45) is 5.92 Å². The maximum atomic E-state index is 14.5. The Labute approximate surface area is 219 Å². The van der Waals surface area contributed by atoms with E-state index in [2.05, 4.69) is 25.6 Å². The van der Waals surface area contributed by atoms with Crippen LogP contribution in [0.1, 0.15) is 42.1 Å². The quantitative estimate of drug-likeness (QED) is 0.370. The Kier molecular flexibility index (Phi) is 5.77. The number of nitrogens with one attached hydrogen (secondary N) is 2. The highest BCUT2D eigenvalue weighted by molar-refractivity contribution is 6.09. The third-order valence-corrected chi connectivity index (χ3v) is 7.89. The summed E-state index contributed by atoms with van der Waals surface area (Å²) in [6.07, 6.45) is 11.2. The number of amides is 1. The second-order valence-electron chi connectivity index (χ2n) is 10.9. The molecule has 2 aliphatic heterocycles. The largest absolute Gasteiger partial charge is 0.491 e. The van der Waals surface area contributed by atoms with Crippen molar-refractivity contribution < 1.29 is 13.9 Å². The molecule has 0 radical (unpaired) electrons. The van der Waals surface area contributed by atoms with Gasteiger partial charge in [-0.3, -0.25) is 14.4 Å². The maximum Gasteiger partial charge on any atom is 0.261 e. The van der Waals surface area contributed by atoms with Crippen molar-refractivity contribution >= 4 is 28.1 Å². The number of likely N-dealkylation sites (tertiary alicyclic amines) is 1. The number of anilines is 1. The number of hydrogen-bond donors (Lipinski definition) is 2. The van der Waals surface area contributed by atoms with Gasteiger partial charge in [0.1, 0.15) is 17.0 Å². The summed E-state index contributed by atoms with van der Waals surface area (Å²) in [6, 6.07) is 5.88. The summed E-state index contributed by atoms with van der Waals surface area (Å²) in [6.45, 7) is 3.75. The lowest BCUT2D eigenvalue weighted by Gasteiger charge is -2.41. The summed E-state index contributed by atoms with van der Waals surface area (Å²) in [4.78, 5) is 19.7. The zero-order valence-electron chi connectivity index (χ0n) is 21.1. The van der Waals surface area contributed by atoms with Crippen LogP contribution in [-0.4, -0.2) is 80.2 Å². The van der Waals surface area contributed by atoms with Gasteiger partial charge in [0.25, 0.3) is 5.91 Å². The number of rotatable bonds is 8. The Balaban J connectivity index is 1.11. The number of alkyl halides is 1. The van der Waals surface area contributed by atoms with Gasteiger partial charge in [0.05, 0.1) is 30.0 Å². The fraction of sp³-hybridized carbons (Fsp3) is 0.481. The van der Waals surface area contributed by atoms with Gasteiger partial charge in [-0.15, -0.1) is 0 Å². The third-order valence-electron chi connectivity index (χ3n) is 7.89. The summed E-state index contributed by atoms with van der Waals surface area (Å²) >= 11 is 0. The minimum atomic E-state index is -1.08. The predicted octanol–water partition coefficient (Wildman–Crippen LogP) is 3.07. The van der Waals surface area contributed by atoms with E-state index in [0.29, 0.717) is 54.8 Å². The molecular weight excluding hydrogens is 487 g/mol. The topological polar surface area (TPSA) is 102 Å². The molecule has 3 aliphatic rings. The molecule has 1 aliphatic carbocycles. The van der Waals surface area contributed by atoms with Crippen molar-refractivity contribution in [3.8, 4) is 5.75 Å². The first-order valence-electron chi connectivity index (χ1n) is 13.4. The average Bonchev–Trinajstić information content (AvgIpc) is 3.49. The first-order valence-corrected chi connectivity index (χ1v) is 13.4. The molecule has 198 valence electrons. The lowest BCUT2D eigenvalue weighted by molar-refractivity contribution is 0.0298. The molecule has 0 atom stereocenters. The summed E-state index contributed by atoms with van der Waals surface area (Å²) in [5.74, 6) is 0.894. The van der Waals surface area contributed by atoms with Crippen molar-refractivity contribution in [2.75, 3.05) is 44.6 Å². The number of halogens is 1. The SMILES string of the molecule is O=C(Nc1cc2cn(C3CCN(CC4(F)CNC4)CC3)nc2cc1OCC1CC1)c1cnn2cccnc12. The van der Waals surface area contributed by atoms with Gasteiger partial charge in [-0.2, -0.15) is 10.2 Å². The summed E-state index contributed by atoms with van der Waals surface area (Å²) in [5, 5.41) is 16.1. The van der Waals surface area contributed by atoms with E-state index in [1.54, 1.807) is 23.0 Å². The number of benzene rings is 1. The molecule has 2 saturated heterocycles. The number of aromatic nitrogens is 5. The minimum Gasteiger partial charge on any atom is -0.491 e. The average molecular weight is 519 g/mol. The van der Waals surface area contributed by atoms with E-state index < -0.39 is 5.67 Å². The molecule has 0 bridgehead atoms. The van der Waals surface area contributed by atoms with Crippen molar-refractivity contribution in [1.29, 1.82) is 0 Å². The van der Waals surface area contributed by atoms with Gasteiger partial charge in [-0.05, 0) is 43.7 Å². The van der Waals surface area contributed by atoms with Crippen molar-refractivity contribution in [2.45, 2.75) is 37.4 Å². The molecule has 2 N–H and O–H groups in total. The minimum absolute atomic E-state index is 0.257. The van der Waals surface area contributed by atoms with E-state index in [9.17, 15) is 9.18 Å². The Morgan fingerprint density at radius 1 is 1.21 bits per heavy atom. The van der Waals surface area contributed by atoms with Crippen LogP contribution in [0.3, 0.4) is 0 Å². The van der Waals surface area contributed by atoms with Crippen LogP contribution in [0, 0.1) is 5.92 Å². The Hall–Kier alpha value is -3.57. The van der Waals surface area contributed by atoms with Crippen molar-refractivity contribution in [1.82, 2.24) is 34.6 Å². The molecule has 10 nitrogen and oxygen atoms in total. The zero-order chi connectivity index (χ0) is 25.7. The van der Waals surface area contributed by atoms with Crippen LogP contribution in [0.25, 0.3) is 16.6 Å². The molecule has 1 amide bonds. The Bertz CT molecular complexity index is 1480. The number of nitrogens with zero attached hydrogens (tertiary/aromatic N) is 6. The highest BCUT2D eigenvalue weighted by Crippen LogP contribution is 2.35. The smallest absolute Gasteiger partial charge is 0.261 e. The van der Waals surface area contributed by atoms with E-state index in [1.165, 1.54) is 19.0 Å². The van der Waals surface area contributed by atoms with Crippen LogP contribution < -0.4 is 15.4 Å². The van der Waals surface area contributed by atoms with E-state index >= 15 is 0 Å². The second kappa shape index (κ2) is 9.32. The molecule has 38 heavy (non-hydrogen) atoms. The van der Waals surface area contributed by atoms with Gasteiger partial charge in [-0.1, -0.05) is 0 Å². The normalized spacial score (nSPS) is 20.0. The molecule has 5 heterocycles. The van der Waals surface area contributed by atoms with E-state index in [0.717, 1.165) is 36.8 Å². The van der Waals surface area contributed by atoms with Crippen LogP contribution >= 0.6 is 0 Å². The lowest BCUT2D eigenvalue weighted by atomic mass is 9.96. The number of ether oxygens (including phenoxy) is 1. The molecular formula is C27H31FN8O2. The fourth-order valence-corrected chi connectivity index (χ4v) is 5.40. The highest BCUT2D eigenvalue weighted by atomic mass is 19.1. The Morgan fingerprint density at radius 2 is 2.05 bits per heavy atom. The van der Waals surface area contributed by atoms with Crippen LogP contribution in [-0.2, 0) is 0 Å². The van der Waals surface area contributed by atoms with Gasteiger partial charge in [0.2, 0.25) is 0 Å². The van der Waals surface area contributed by atoms with Crippen molar-refractivity contribution in [3.63, 3.8) is 0 Å². The van der Waals surface area contributed by atoms with Crippen LogP contribution in [0.4, 0.5) is 10.1 Å². The molecule has 1 saturated carbocycles. The molecule has 7 rings (SSSR count). The Morgan fingerprint density at radius 3 is 2.82 bits per heavy atom. The summed E-state index contributed by atoms with van der Waals surface area (Å²) in [5.41, 5.74) is 1.25. The number of hydrogen-bond acceptors (Lipinski definition) is 7. The molecule has 0 unspecified atom stereocenters. The predicted molar refractivity (Wildman–Crippen MR) is 140 cm³/mol. The maximum absolute atomic E-state index is 14.5. The number of piperidine rings is 1. The molecule has 4 aromatic rings. The third kappa shape index (κ3) is 4.60. The number of fused-ring (bicyclic) bond motifs is 2. The number of carbonyl (C=O) groups excluding carboxylic acids is 1. The molecule has 0 spiro atoms. The van der Waals surface area contributed by atoms with Crippen LogP contribution in [0.2, 0.25) is 0 Å². The lowest BCUT2D eigenvalue weighted by Crippen LogP contribution is -2.62. The zero-order valence-corrected chi connectivity index (χ0v) is 21.1.